The maximum Gasteiger partial charge on any atom is 1.00 e. The predicted molar refractivity (Wildman–Crippen MR) is 299 cm³/mol. The number of hydrogen-bond acceptors (Lipinski definition) is 16. The van der Waals surface area contributed by atoms with Gasteiger partial charge in [-0.3, -0.25) is 19.3 Å². The van der Waals surface area contributed by atoms with Crippen LogP contribution in [0.15, 0.2) is 34.1 Å². The number of aliphatic carboxylic acids is 1. The number of likely N-dealkylation sites (N-methyl/N-ethyl adjacent to an activating group) is 5. The van der Waals surface area contributed by atoms with Gasteiger partial charge in [-0.2, -0.15) is 8.61 Å². The van der Waals surface area contributed by atoms with E-state index in [1.54, 1.807) is 59.1 Å². The van der Waals surface area contributed by atoms with Crippen molar-refractivity contribution in [1.29, 1.82) is 0 Å². The number of amides is 1. The van der Waals surface area contributed by atoms with Crippen molar-refractivity contribution in [2.24, 2.45) is 0 Å². The molecule has 0 aromatic heterocycles. The van der Waals surface area contributed by atoms with Gasteiger partial charge < -0.3 is 48.9 Å². The van der Waals surface area contributed by atoms with Crippen LogP contribution in [0.1, 0.15) is 88.5 Å². The molecule has 2 aliphatic carbocycles. The van der Waals surface area contributed by atoms with Crippen molar-refractivity contribution in [3.05, 3.63) is 46.5 Å². The fourth-order valence-electron chi connectivity index (χ4n) is 10.4. The van der Waals surface area contributed by atoms with Crippen molar-refractivity contribution in [3.63, 3.8) is 0 Å². The number of rotatable bonds is 20. The van der Waals surface area contributed by atoms with E-state index in [0.29, 0.717) is 39.8 Å². The van der Waals surface area contributed by atoms with E-state index in [4.69, 9.17) is 18.9 Å². The van der Waals surface area contributed by atoms with Crippen LogP contribution in [0.5, 0.6) is 11.5 Å². The summed E-state index contributed by atoms with van der Waals surface area (Å²) in [6.45, 7) is 16.1. The van der Waals surface area contributed by atoms with Crippen molar-refractivity contribution in [2.45, 2.75) is 128 Å². The number of sulfonamides is 2. The molecule has 2 aromatic carbocycles. The van der Waals surface area contributed by atoms with Gasteiger partial charge >= 0.3 is 29.6 Å². The van der Waals surface area contributed by atoms with E-state index in [1.807, 2.05) is 11.9 Å². The summed E-state index contributed by atoms with van der Waals surface area (Å²) in [5, 5.41) is 13.7. The topological polar surface area (TPSA) is 197 Å². The molecule has 0 bridgehead atoms. The summed E-state index contributed by atoms with van der Waals surface area (Å²) in [7, 11) is 7.03. The standard InChI is InChI=1S/C26H44N4O5S.C14H21NO6S.C12H25N3.2CH4.FH.Na/c1-20-16-24(34-6)17-21(2)26(20)36(32,33)28(4)14-15-35-19-25(31)29(5)22-8-7-9-23(18-22)30-12-10-27(3)11-13-30;1-10-7-12(20-4)8-11(2)14(10)22(18,19)15(3)5-6-21-9-13(16)17;1-13-11-4-3-5-12(10-11)15-8-6-14(2)7-9-15;;;;/h16-17,22-23H,7-15,18-19H2,1-6H3;7-8H,5-6,9H2,1-4H3,(H,16,17);11-13H,3-10H2,1-2H3;2*1H4;1H;/q;;;;;;+1/p-1/t;;11-,12+;;;;/m..0..../s1. The first-order valence-electron chi connectivity index (χ1n) is 25.9. The third kappa shape index (κ3) is 22.4. The smallest absolute Gasteiger partial charge is 0.548 e. The molecule has 77 heavy (non-hydrogen) atoms. The first-order chi connectivity index (χ1) is 34.5. The number of benzene rings is 2. The monoisotopic (exact) mass is 1140 g/mol. The first-order valence-corrected chi connectivity index (χ1v) is 28.8. The molecule has 4 atom stereocenters. The Kier molecular flexibility index (Phi) is 34.8. The number of ether oxygens (including phenoxy) is 4. The maximum absolute atomic E-state index is 13.1. The minimum atomic E-state index is -3.69. The summed E-state index contributed by atoms with van der Waals surface area (Å²) >= 11 is 0. The Labute approximate surface area is 486 Å². The van der Waals surface area contributed by atoms with E-state index in [2.05, 4.69) is 46.1 Å². The fourth-order valence-corrected chi connectivity index (χ4v) is 13.5. The van der Waals surface area contributed by atoms with Crippen molar-refractivity contribution in [3.8, 4) is 11.5 Å². The van der Waals surface area contributed by atoms with Crippen molar-refractivity contribution in [2.75, 3.05) is 148 Å². The number of nitrogens with one attached hydrogen (secondary N) is 1. The SMILES string of the molecule is C.C.CN[C@H]1CCC[C@@H](N2CCN(C)CC2)C1.COc1cc(C)c(S(=O)(=O)N(C)CCOCC(=O)N(C)C2CCCC(N3CCN(C)CC3)C2)c(C)c1.COc1cc(C)c(S(=O)(=O)N(C)CCOCC(=O)[O-])c(C)c1.F.[Na+]. The summed E-state index contributed by atoms with van der Waals surface area (Å²) in [6.07, 6.45) is 9.92. The number of nitrogens with zero attached hydrogens (tertiary/aromatic N) is 7. The molecular formula is C54H98FN8NaO11S2. The first kappa shape index (κ1) is 74.5. The molecule has 2 saturated carbocycles. The second-order valence-corrected chi connectivity index (χ2v) is 24.2. The molecule has 2 aliphatic heterocycles. The summed E-state index contributed by atoms with van der Waals surface area (Å²) in [5.74, 6) is -0.169. The van der Waals surface area contributed by atoms with E-state index in [1.165, 1.54) is 83.8 Å². The molecule has 0 radical (unpaired) electrons. The zero-order valence-electron chi connectivity index (χ0n) is 47.5. The number of halogens is 1. The molecule has 0 spiro atoms. The number of aryl methyl sites for hydroxylation is 4. The van der Waals surface area contributed by atoms with E-state index in [-0.39, 0.29) is 104 Å². The Balaban J connectivity index is 0.00000120. The van der Waals surface area contributed by atoms with Crippen molar-refractivity contribution in [1.82, 2.24) is 38.4 Å². The predicted octanol–water partition coefficient (Wildman–Crippen LogP) is 0.858. The van der Waals surface area contributed by atoms with E-state index in [0.717, 1.165) is 61.8 Å². The minimum absolute atomic E-state index is 0. The van der Waals surface area contributed by atoms with Crippen molar-refractivity contribution < 1.29 is 84.7 Å². The molecule has 4 fully saturated rings. The summed E-state index contributed by atoms with van der Waals surface area (Å²) in [6, 6.07) is 9.13. The summed E-state index contributed by atoms with van der Waals surface area (Å²) in [5.41, 5.74) is 2.44. The van der Waals surface area contributed by atoms with Gasteiger partial charge in [0.2, 0.25) is 26.0 Å². The van der Waals surface area contributed by atoms with Gasteiger partial charge in [0.1, 0.15) is 18.1 Å². The van der Waals surface area contributed by atoms with Gasteiger partial charge in [-0.1, -0.05) is 21.3 Å². The molecule has 19 nitrogen and oxygen atoms in total. The van der Waals surface area contributed by atoms with Gasteiger partial charge in [0.25, 0.3) is 0 Å². The number of methoxy groups -OCH3 is 2. The number of piperazine rings is 2. The number of carbonyl (C=O) groups excluding carboxylic acids is 2. The van der Waals surface area contributed by atoms with Crippen molar-refractivity contribution >= 4 is 31.9 Å². The van der Waals surface area contributed by atoms with Crippen LogP contribution in [-0.2, 0) is 39.1 Å². The van der Waals surface area contributed by atoms with Crippen LogP contribution in [0, 0.1) is 27.7 Å². The van der Waals surface area contributed by atoms with Gasteiger partial charge in [-0.05, 0) is 140 Å². The average molecular weight is 1140 g/mol. The molecule has 2 unspecified atom stereocenters. The normalized spacial score (nSPS) is 20.6. The zero-order chi connectivity index (χ0) is 54.0. The van der Waals surface area contributed by atoms with Crippen LogP contribution in [0.2, 0.25) is 0 Å². The van der Waals surface area contributed by atoms with Crippen LogP contribution in [0.4, 0.5) is 4.70 Å². The molecule has 2 saturated heterocycles. The van der Waals surface area contributed by atoms with E-state index >= 15 is 0 Å². The third-order valence-corrected chi connectivity index (χ3v) is 19.3. The second kappa shape index (κ2) is 36.0. The quantitative estimate of drug-likeness (QED) is 0.145. The van der Waals surface area contributed by atoms with Gasteiger partial charge in [-0.25, -0.2) is 16.8 Å². The van der Waals surface area contributed by atoms with Gasteiger partial charge in [0.15, 0.2) is 0 Å². The third-order valence-electron chi connectivity index (χ3n) is 14.9. The van der Waals surface area contributed by atoms with Crippen LogP contribution in [-0.4, -0.2) is 234 Å². The molecule has 23 heteroatoms. The van der Waals surface area contributed by atoms with Crippen LogP contribution in [0.25, 0.3) is 0 Å². The largest absolute Gasteiger partial charge is 1.00 e. The number of carboxylic acids is 1. The van der Waals surface area contributed by atoms with Gasteiger partial charge in [0.05, 0.1) is 49.8 Å². The Bertz CT molecular complexity index is 2250. The Morgan fingerprint density at radius 1 is 0.636 bits per heavy atom. The van der Waals surface area contributed by atoms with Crippen LogP contribution in [0.3, 0.4) is 0 Å². The molecule has 1 amide bonds. The average Bonchev–Trinajstić information content (AvgIpc) is 3.36. The summed E-state index contributed by atoms with van der Waals surface area (Å²) in [4.78, 5) is 35.5. The van der Waals surface area contributed by atoms with Crippen LogP contribution >= 0.6 is 0 Å². The Hall–Kier alpha value is -2.55. The fraction of sp³-hybridized carbons (Fsp3) is 0.741. The molecular weight excluding hydrogens is 1040 g/mol. The number of carbonyl (C=O) groups is 2. The van der Waals surface area contributed by atoms with Gasteiger partial charge in [0, 0.05) is 111 Å². The Morgan fingerprint density at radius 3 is 1.39 bits per heavy atom. The maximum atomic E-state index is 13.1. The Morgan fingerprint density at radius 2 is 1.01 bits per heavy atom. The molecule has 440 valence electrons. The number of carboxylic acid groups (broad SMARTS) is 1. The molecule has 1 N–H and O–H groups in total. The molecule has 2 aromatic rings. The van der Waals surface area contributed by atoms with Crippen LogP contribution < -0.4 is 49.5 Å². The van der Waals surface area contributed by atoms with E-state index < -0.39 is 32.6 Å². The minimum Gasteiger partial charge on any atom is -0.548 e. The van der Waals surface area contributed by atoms with E-state index in [9.17, 15) is 31.5 Å². The molecule has 4 aliphatic rings. The second-order valence-electron chi connectivity index (χ2n) is 20.3. The van der Waals surface area contributed by atoms with Gasteiger partial charge in [-0.15, -0.1) is 0 Å². The number of hydrogen-bond donors (Lipinski definition) is 1. The summed E-state index contributed by atoms with van der Waals surface area (Å²) < 4.78 is 74.7. The molecule has 6 rings (SSSR count). The molecule has 2 heterocycles. The zero-order valence-corrected chi connectivity index (χ0v) is 51.2.